The van der Waals surface area contributed by atoms with E-state index in [1.165, 1.54) is 77.7 Å². The zero-order chi connectivity index (χ0) is 16.0. The van der Waals surface area contributed by atoms with Crippen LogP contribution in [0.2, 0.25) is 0 Å². The molecule has 130 valence electrons. The fraction of sp³-hybridized carbons (Fsp3) is 0.947. The van der Waals surface area contributed by atoms with E-state index in [0.29, 0.717) is 18.6 Å². The summed E-state index contributed by atoms with van der Waals surface area (Å²) in [6.45, 7) is 2.19. The summed E-state index contributed by atoms with van der Waals surface area (Å²) in [5, 5.41) is 0. The number of rotatable bonds is 13. The Kier molecular flexibility index (Phi) is 11.4. The number of hydrogen-bond donors (Lipinski definition) is 0. The molecule has 1 aliphatic rings. The molecule has 0 aromatic carbocycles. The third kappa shape index (κ3) is 10.2. The maximum Gasteiger partial charge on any atom is 0.305 e. The highest BCUT2D eigenvalue weighted by Crippen LogP contribution is 2.23. The summed E-state index contributed by atoms with van der Waals surface area (Å²) in [7, 11) is 1.46. The molecular weight excluding hydrogens is 276 g/mol. The molecule has 0 aromatic heterocycles. The van der Waals surface area contributed by atoms with Crippen LogP contribution in [0.15, 0.2) is 0 Å². The summed E-state index contributed by atoms with van der Waals surface area (Å²) in [6.07, 6.45) is 18.3. The van der Waals surface area contributed by atoms with Crippen molar-refractivity contribution in [3.63, 3.8) is 0 Å². The normalized spacial score (nSPS) is 21.2. The lowest BCUT2D eigenvalue weighted by Crippen LogP contribution is -2.07. The molecule has 0 bridgehead atoms. The van der Waals surface area contributed by atoms with Gasteiger partial charge in [-0.25, -0.2) is 0 Å². The van der Waals surface area contributed by atoms with Gasteiger partial charge in [0.15, 0.2) is 0 Å². The molecule has 1 fully saturated rings. The summed E-state index contributed by atoms with van der Waals surface area (Å²) in [6, 6.07) is 0. The average Bonchev–Trinajstić information content (AvgIpc) is 2.93. The molecule has 3 nitrogen and oxygen atoms in total. The number of methoxy groups -OCH3 is 1. The lowest BCUT2D eigenvalue weighted by Gasteiger charge is -2.10. The summed E-state index contributed by atoms with van der Waals surface area (Å²) in [4.78, 5) is 10.9. The number of hydrogen-bond acceptors (Lipinski definition) is 3. The standard InChI is InChI=1S/C19H36O3/c1-17-15-16-18(22-17)13-11-9-7-5-3-4-6-8-10-12-14-19(20)21-2/h17-18H,3-16H2,1-2H3/t17-,18+/m1/s1. The first-order chi connectivity index (χ1) is 10.7. The van der Waals surface area contributed by atoms with Gasteiger partial charge in [-0.3, -0.25) is 4.79 Å². The second-order valence-electron chi connectivity index (χ2n) is 6.80. The topological polar surface area (TPSA) is 35.5 Å². The van der Waals surface area contributed by atoms with Gasteiger partial charge in [0, 0.05) is 6.42 Å². The molecule has 0 amide bonds. The number of esters is 1. The van der Waals surface area contributed by atoms with Crippen LogP contribution in [0.5, 0.6) is 0 Å². The molecule has 0 N–H and O–H groups in total. The number of ether oxygens (including phenoxy) is 2. The van der Waals surface area contributed by atoms with Crippen LogP contribution in [0.25, 0.3) is 0 Å². The minimum atomic E-state index is -0.0718. The molecular formula is C19H36O3. The Morgan fingerprint density at radius 1 is 0.909 bits per heavy atom. The number of carbonyl (C=O) groups is 1. The summed E-state index contributed by atoms with van der Waals surface area (Å²) in [5.74, 6) is -0.0718. The van der Waals surface area contributed by atoms with Crippen molar-refractivity contribution in [2.45, 2.75) is 109 Å². The van der Waals surface area contributed by atoms with Crippen LogP contribution in [0.3, 0.4) is 0 Å². The van der Waals surface area contributed by atoms with Crippen LogP contribution in [0, 0.1) is 0 Å². The van der Waals surface area contributed by atoms with E-state index in [1.54, 1.807) is 0 Å². The molecule has 1 saturated heterocycles. The molecule has 0 radical (unpaired) electrons. The largest absolute Gasteiger partial charge is 0.469 e. The Hall–Kier alpha value is -0.570. The first kappa shape index (κ1) is 19.5. The molecule has 2 atom stereocenters. The Bertz CT molecular complexity index is 278. The van der Waals surface area contributed by atoms with Gasteiger partial charge in [-0.1, -0.05) is 57.8 Å². The van der Waals surface area contributed by atoms with Crippen LogP contribution in [0.1, 0.15) is 96.8 Å². The van der Waals surface area contributed by atoms with Gasteiger partial charge in [0.25, 0.3) is 0 Å². The highest BCUT2D eigenvalue weighted by Gasteiger charge is 2.20. The predicted octanol–water partition coefficient (Wildman–Crippen LogP) is 5.41. The van der Waals surface area contributed by atoms with Crippen LogP contribution in [-0.2, 0) is 14.3 Å². The van der Waals surface area contributed by atoms with E-state index in [4.69, 9.17) is 4.74 Å². The van der Waals surface area contributed by atoms with Gasteiger partial charge in [-0.2, -0.15) is 0 Å². The van der Waals surface area contributed by atoms with Gasteiger partial charge in [-0.15, -0.1) is 0 Å². The van der Waals surface area contributed by atoms with Gasteiger partial charge >= 0.3 is 5.97 Å². The number of unbranched alkanes of at least 4 members (excludes halogenated alkanes) is 9. The van der Waals surface area contributed by atoms with E-state index in [-0.39, 0.29) is 5.97 Å². The maximum atomic E-state index is 10.9. The second-order valence-corrected chi connectivity index (χ2v) is 6.80. The van der Waals surface area contributed by atoms with Crippen molar-refractivity contribution in [1.82, 2.24) is 0 Å². The molecule has 1 aliphatic heterocycles. The highest BCUT2D eigenvalue weighted by molar-refractivity contribution is 5.68. The minimum Gasteiger partial charge on any atom is -0.469 e. The minimum absolute atomic E-state index is 0.0718. The van der Waals surface area contributed by atoms with Crippen LogP contribution in [-0.4, -0.2) is 25.3 Å². The SMILES string of the molecule is COC(=O)CCCCCCCCCCCC[C@H]1CC[C@@H](C)O1. The van der Waals surface area contributed by atoms with E-state index in [2.05, 4.69) is 11.7 Å². The Morgan fingerprint density at radius 2 is 1.45 bits per heavy atom. The fourth-order valence-electron chi connectivity index (χ4n) is 3.26. The van der Waals surface area contributed by atoms with Crippen molar-refractivity contribution in [2.75, 3.05) is 7.11 Å². The monoisotopic (exact) mass is 312 g/mol. The van der Waals surface area contributed by atoms with E-state index in [9.17, 15) is 4.79 Å². The molecule has 0 saturated carbocycles. The average molecular weight is 312 g/mol. The third-order valence-corrected chi connectivity index (χ3v) is 4.70. The smallest absolute Gasteiger partial charge is 0.305 e. The Balaban J connectivity index is 1.72. The zero-order valence-electron chi connectivity index (χ0n) is 14.8. The Labute approximate surface area is 137 Å². The molecule has 3 heteroatoms. The van der Waals surface area contributed by atoms with E-state index >= 15 is 0 Å². The lowest BCUT2D eigenvalue weighted by molar-refractivity contribution is -0.140. The lowest BCUT2D eigenvalue weighted by atomic mass is 10.0. The summed E-state index contributed by atoms with van der Waals surface area (Å²) in [5.41, 5.74) is 0. The molecule has 22 heavy (non-hydrogen) atoms. The maximum absolute atomic E-state index is 10.9. The van der Waals surface area contributed by atoms with Gasteiger partial charge in [-0.05, 0) is 32.6 Å². The molecule has 1 rings (SSSR count). The van der Waals surface area contributed by atoms with Gasteiger partial charge in [0.05, 0.1) is 19.3 Å². The van der Waals surface area contributed by atoms with E-state index in [1.807, 2.05) is 0 Å². The highest BCUT2D eigenvalue weighted by atomic mass is 16.5. The summed E-state index contributed by atoms with van der Waals surface area (Å²) < 4.78 is 10.5. The molecule has 0 aromatic rings. The third-order valence-electron chi connectivity index (χ3n) is 4.70. The molecule has 0 unspecified atom stereocenters. The van der Waals surface area contributed by atoms with Crippen LogP contribution in [0.4, 0.5) is 0 Å². The van der Waals surface area contributed by atoms with Crippen molar-refractivity contribution in [3.05, 3.63) is 0 Å². The van der Waals surface area contributed by atoms with Gasteiger partial charge in [0.1, 0.15) is 0 Å². The van der Waals surface area contributed by atoms with Crippen molar-refractivity contribution in [1.29, 1.82) is 0 Å². The van der Waals surface area contributed by atoms with Crippen molar-refractivity contribution >= 4 is 5.97 Å². The Morgan fingerprint density at radius 3 is 1.95 bits per heavy atom. The van der Waals surface area contributed by atoms with Crippen molar-refractivity contribution in [2.24, 2.45) is 0 Å². The predicted molar refractivity (Wildman–Crippen MR) is 91.0 cm³/mol. The first-order valence-electron chi connectivity index (χ1n) is 9.44. The van der Waals surface area contributed by atoms with E-state index < -0.39 is 0 Å². The molecule has 0 spiro atoms. The molecule has 0 aliphatic carbocycles. The second kappa shape index (κ2) is 12.9. The van der Waals surface area contributed by atoms with E-state index in [0.717, 1.165) is 12.8 Å². The zero-order valence-corrected chi connectivity index (χ0v) is 14.8. The quantitative estimate of drug-likeness (QED) is 0.337. The van der Waals surface area contributed by atoms with Gasteiger partial charge in [0.2, 0.25) is 0 Å². The van der Waals surface area contributed by atoms with Crippen LogP contribution < -0.4 is 0 Å². The van der Waals surface area contributed by atoms with Crippen molar-refractivity contribution < 1.29 is 14.3 Å². The number of carbonyl (C=O) groups excluding carboxylic acids is 1. The summed E-state index contributed by atoms with van der Waals surface area (Å²) >= 11 is 0. The van der Waals surface area contributed by atoms with Crippen molar-refractivity contribution in [3.8, 4) is 0 Å². The van der Waals surface area contributed by atoms with Crippen LogP contribution >= 0.6 is 0 Å². The fourth-order valence-corrected chi connectivity index (χ4v) is 3.26. The van der Waals surface area contributed by atoms with Gasteiger partial charge < -0.3 is 9.47 Å². The molecule has 1 heterocycles. The first-order valence-corrected chi connectivity index (χ1v) is 9.44.